The second-order valence-electron chi connectivity index (χ2n) is 2.32. The summed E-state index contributed by atoms with van der Waals surface area (Å²) in [7, 11) is -4.92. The third-order valence-corrected chi connectivity index (χ3v) is 2.29. The number of aliphatic hydroxyl groups is 1. The SMILES string of the molecule is O=P([O-])([O-])C(O)c1ccccc1. The summed E-state index contributed by atoms with van der Waals surface area (Å²) in [6, 6.07) is 7.53. The molecule has 0 aliphatic heterocycles. The van der Waals surface area contributed by atoms with Gasteiger partial charge in [0, 0.05) is 0 Å². The molecular formula is C7H7O4P-2. The highest BCUT2D eigenvalue weighted by atomic mass is 31.2. The van der Waals surface area contributed by atoms with Crippen LogP contribution in [-0.4, -0.2) is 5.11 Å². The summed E-state index contributed by atoms with van der Waals surface area (Å²) in [6.07, 6.45) is 0. The molecule has 0 fully saturated rings. The summed E-state index contributed by atoms with van der Waals surface area (Å²) in [4.78, 5) is 20.7. The standard InChI is InChI=1S/C7H9O4P/c8-7(12(9,10)11)6-4-2-1-3-5-6/h1-5,7-8H,(H2,9,10,11)/p-2. The minimum absolute atomic E-state index is 0.103. The van der Waals surface area contributed by atoms with Gasteiger partial charge in [-0.25, -0.2) is 0 Å². The van der Waals surface area contributed by atoms with Crippen molar-refractivity contribution in [1.82, 2.24) is 0 Å². The van der Waals surface area contributed by atoms with Gasteiger partial charge < -0.3 is 19.5 Å². The van der Waals surface area contributed by atoms with E-state index in [4.69, 9.17) is 5.11 Å². The average molecular weight is 186 g/mol. The van der Waals surface area contributed by atoms with Gasteiger partial charge in [-0.3, -0.25) is 0 Å². The lowest BCUT2D eigenvalue weighted by Crippen LogP contribution is -2.20. The Morgan fingerprint density at radius 2 is 1.75 bits per heavy atom. The van der Waals surface area contributed by atoms with Crippen LogP contribution < -0.4 is 9.79 Å². The van der Waals surface area contributed by atoms with E-state index in [1.165, 1.54) is 12.1 Å². The summed E-state index contributed by atoms with van der Waals surface area (Å²) in [5.74, 6) is -1.93. The molecule has 1 atom stereocenters. The summed E-state index contributed by atoms with van der Waals surface area (Å²) < 4.78 is 10.4. The van der Waals surface area contributed by atoms with Crippen LogP contribution >= 0.6 is 7.60 Å². The predicted octanol–water partition coefficient (Wildman–Crippen LogP) is -0.409. The van der Waals surface area contributed by atoms with Gasteiger partial charge in [-0.2, -0.15) is 0 Å². The van der Waals surface area contributed by atoms with Crippen molar-refractivity contribution in [3.63, 3.8) is 0 Å². The first-order valence-electron chi connectivity index (χ1n) is 3.26. The Hall–Kier alpha value is -0.670. The van der Waals surface area contributed by atoms with Crippen LogP contribution in [0, 0.1) is 0 Å². The quantitative estimate of drug-likeness (QED) is 0.636. The van der Waals surface area contributed by atoms with E-state index >= 15 is 0 Å². The topological polar surface area (TPSA) is 83.4 Å². The fourth-order valence-electron chi connectivity index (χ4n) is 0.808. The Bertz CT molecular complexity index is 292. The van der Waals surface area contributed by atoms with Gasteiger partial charge in [-0.05, 0) is 13.2 Å². The first kappa shape index (κ1) is 9.42. The molecule has 0 amide bonds. The Morgan fingerprint density at radius 3 is 2.17 bits per heavy atom. The normalized spacial score (nSPS) is 14.2. The molecule has 0 saturated heterocycles. The molecule has 1 N–H and O–H groups in total. The third-order valence-electron chi connectivity index (χ3n) is 1.40. The lowest BCUT2D eigenvalue weighted by molar-refractivity contribution is -0.322. The minimum atomic E-state index is -4.92. The molecule has 1 unspecified atom stereocenters. The van der Waals surface area contributed by atoms with Gasteiger partial charge in [0.15, 0.2) is 0 Å². The molecule has 4 nitrogen and oxygen atoms in total. The highest BCUT2D eigenvalue weighted by Gasteiger charge is 2.09. The third kappa shape index (κ3) is 2.16. The summed E-state index contributed by atoms with van der Waals surface area (Å²) in [5, 5.41) is 8.97. The van der Waals surface area contributed by atoms with Crippen molar-refractivity contribution >= 4 is 7.60 Å². The van der Waals surface area contributed by atoms with Crippen LogP contribution in [0.1, 0.15) is 11.4 Å². The van der Waals surface area contributed by atoms with E-state index in [0.717, 1.165) is 0 Å². The first-order chi connectivity index (χ1) is 5.52. The number of hydrogen-bond acceptors (Lipinski definition) is 4. The smallest absolute Gasteiger partial charge is 0.105 e. The van der Waals surface area contributed by atoms with E-state index in [-0.39, 0.29) is 5.56 Å². The van der Waals surface area contributed by atoms with Gasteiger partial charge >= 0.3 is 0 Å². The Balaban J connectivity index is 2.94. The highest BCUT2D eigenvalue weighted by molar-refractivity contribution is 7.48. The lowest BCUT2D eigenvalue weighted by atomic mass is 10.2. The van der Waals surface area contributed by atoms with Crippen LogP contribution in [0.5, 0.6) is 0 Å². The molecule has 5 heteroatoms. The van der Waals surface area contributed by atoms with E-state index in [9.17, 15) is 14.4 Å². The van der Waals surface area contributed by atoms with Gasteiger partial charge in [0.1, 0.15) is 5.85 Å². The van der Waals surface area contributed by atoms with E-state index in [1.54, 1.807) is 18.2 Å². The van der Waals surface area contributed by atoms with Gasteiger partial charge in [0.2, 0.25) is 0 Å². The summed E-state index contributed by atoms with van der Waals surface area (Å²) in [6.45, 7) is 0. The molecule has 0 aliphatic rings. The van der Waals surface area contributed by atoms with E-state index in [0.29, 0.717) is 0 Å². The van der Waals surface area contributed by atoms with Crippen molar-refractivity contribution in [2.75, 3.05) is 0 Å². The van der Waals surface area contributed by atoms with Crippen LogP contribution in [0.2, 0.25) is 0 Å². The van der Waals surface area contributed by atoms with Crippen LogP contribution in [-0.2, 0) is 4.57 Å². The van der Waals surface area contributed by atoms with Crippen molar-refractivity contribution in [1.29, 1.82) is 0 Å². The summed E-state index contributed by atoms with van der Waals surface area (Å²) >= 11 is 0. The second kappa shape index (κ2) is 3.37. The van der Waals surface area contributed by atoms with Crippen molar-refractivity contribution in [3.05, 3.63) is 35.9 Å². The van der Waals surface area contributed by atoms with E-state index < -0.39 is 13.4 Å². The van der Waals surface area contributed by atoms with Gasteiger partial charge in [-0.15, -0.1) is 0 Å². The van der Waals surface area contributed by atoms with Crippen LogP contribution in [0.15, 0.2) is 30.3 Å². The van der Waals surface area contributed by atoms with Gasteiger partial charge in [0.25, 0.3) is 0 Å². The molecule has 1 rings (SSSR count). The Labute approximate surface area is 69.6 Å². The van der Waals surface area contributed by atoms with E-state index in [1.807, 2.05) is 0 Å². The lowest BCUT2D eigenvalue weighted by Gasteiger charge is -2.34. The number of aliphatic hydroxyl groups excluding tert-OH is 1. The average Bonchev–Trinajstić information content (AvgIpc) is 2.03. The predicted molar refractivity (Wildman–Crippen MR) is 39.0 cm³/mol. The molecule has 66 valence electrons. The fraction of sp³-hybridized carbons (Fsp3) is 0.143. The number of rotatable bonds is 2. The number of hydrogen-bond donors (Lipinski definition) is 1. The number of benzene rings is 1. The van der Waals surface area contributed by atoms with Gasteiger partial charge in [0.05, 0.1) is 0 Å². The maximum Gasteiger partial charge on any atom is 0.105 e. The molecule has 0 radical (unpaired) electrons. The molecule has 0 aliphatic carbocycles. The van der Waals surface area contributed by atoms with Crippen molar-refractivity contribution in [2.45, 2.75) is 5.85 Å². The zero-order valence-electron chi connectivity index (χ0n) is 6.08. The maximum absolute atomic E-state index is 10.4. The first-order valence-corrected chi connectivity index (χ1v) is 4.88. The van der Waals surface area contributed by atoms with Gasteiger partial charge in [-0.1, -0.05) is 30.3 Å². The monoisotopic (exact) mass is 186 g/mol. The molecule has 0 aromatic heterocycles. The molecule has 1 aromatic carbocycles. The largest absolute Gasteiger partial charge is 0.809 e. The Morgan fingerprint density at radius 1 is 1.25 bits per heavy atom. The molecule has 12 heavy (non-hydrogen) atoms. The van der Waals surface area contributed by atoms with Crippen molar-refractivity contribution in [2.24, 2.45) is 0 Å². The maximum atomic E-state index is 10.4. The van der Waals surface area contributed by atoms with Crippen LogP contribution in [0.3, 0.4) is 0 Å². The second-order valence-corrected chi connectivity index (χ2v) is 3.89. The molecule has 0 spiro atoms. The van der Waals surface area contributed by atoms with E-state index in [2.05, 4.69) is 0 Å². The Kier molecular flexibility index (Phi) is 2.65. The molecule has 0 saturated carbocycles. The van der Waals surface area contributed by atoms with Crippen LogP contribution in [0.4, 0.5) is 0 Å². The molecule has 0 heterocycles. The molecule has 1 aromatic rings. The fourth-order valence-corrected chi connectivity index (χ4v) is 1.35. The van der Waals surface area contributed by atoms with Crippen LogP contribution in [0.25, 0.3) is 0 Å². The highest BCUT2D eigenvalue weighted by Crippen LogP contribution is 2.41. The van der Waals surface area contributed by atoms with Crippen molar-refractivity contribution in [3.8, 4) is 0 Å². The zero-order valence-corrected chi connectivity index (χ0v) is 6.98. The summed E-state index contributed by atoms with van der Waals surface area (Å²) in [5.41, 5.74) is 0.103. The van der Waals surface area contributed by atoms with Crippen molar-refractivity contribution < 1.29 is 19.5 Å². The molecular weight excluding hydrogens is 179 g/mol. The minimum Gasteiger partial charge on any atom is -0.809 e. The molecule has 0 bridgehead atoms. The zero-order chi connectivity index (χ0) is 9.19.